The van der Waals surface area contributed by atoms with Crippen LogP contribution >= 0.6 is 0 Å². The molecule has 0 aliphatic heterocycles. The number of benzene rings is 1. The first-order valence-electron chi connectivity index (χ1n) is 6.12. The largest absolute Gasteiger partial charge is 0.0622 e. The molecule has 0 fully saturated rings. The van der Waals surface area contributed by atoms with E-state index in [0.717, 1.165) is 11.8 Å². The smallest absolute Gasteiger partial charge is 0.0100 e. The highest BCUT2D eigenvalue weighted by Gasteiger charge is 2.33. The van der Waals surface area contributed by atoms with E-state index in [4.69, 9.17) is 0 Å². The second-order valence-corrected chi connectivity index (χ2v) is 5.86. The summed E-state index contributed by atoms with van der Waals surface area (Å²) in [5, 5.41) is 0. The van der Waals surface area contributed by atoms with Crippen molar-refractivity contribution in [3.05, 3.63) is 35.4 Å². The highest BCUT2D eigenvalue weighted by Crippen LogP contribution is 2.44. The van der Waals surface area contributed by atoms with Gasteiger partial charge in [0.15, 0.2) is 0 Å². The Morgan fingerprint density at radius 2 is 1.87 bits per heavy atom. The van der Waals surface area contributed by atoms with Crippen LogP contribution in [-0.4, -0.2) is 0 Å². The van der Waals surface area contributed by atoms with E-state index in [1.807, 2.05) is 0 Å². The number of hydrogen-bond donors (Lipinski definition) is 0. The van der Waals surface area contributed by atoms with Gasteiger partial charge in [-0.3, -0.25) is 0 Å². The number of rotatable bonds is 1. The van der Waals surface area contributed by atoms with Crippen molar-refractivity contribution in [2.45, 2.75) is 51.9 Å². The van der Waals surface area contributed by atoms with Gasteiger partial charge in [0.1, 0.15) is 0 Å². The Morgan fingerprint density at radius 1 is 1.20 bits per heavy atom. The van der Waals surface area contributed by atoms with Crippen LogP contribution in [0.4, 0.5) is 0 Å². The molecule has 1 aromatic carbocycles. The fourth-order valence-corrected chi connectivity index (χ4v) is 2.94. The van der Waals surface area contributed by atoms with Crippen molar-refractivity contribution in [2.75, 3.05) is 0 Å². The molecule has 0 radical (unpaired) electrons. The minimum Gasteiger partial charge on any atom is -0.0622 e. The Balaban J connectivity index is 2.49. The standard InChI is InChI=1S/C15H22/c1-11(2)12-9-10-15(3,4)14-8-6-5-7-13(12)14/h5-8,11-12H,9-10H2,1-4H3. The van der Waals surface area contributed by atoms with Crippen LogP contribution in [-0.2, 0) is 5.41 Å². The third kappa shape index (κ3) is 1.82. The molecule has 0 saturated heterocycles. The Bertz CT molecular complexity index is 347. The average Bonchev–Trinajstić information content (AvgIpc) is 2.17. The average molecular weight is 202 g/mol. The van der Waals surface area contributed by atoms with Crippen LogP contribution in [0.2, 0.25) is 0 Å². The third-order valence-electron chi connectivity index (χ3n) is 3.97. The zero-order chi connectivity index (χ0) is 11.1. The lowest BCUT2D eigenvalue weighted by Crippen LogP contribution is -2.27. The van der Waals surface area contributed by atoms with E-state index in [9.17, 15) is 0 Å². The minimum absolute atomic E-state index is 0.377. The number of fused-ring (bicyclic) bond motifs is 1. The summed E-state index contributed by atoms with van der Waals surface area (Å²) in [6, 6.07) is 9.03. The van der Waals surface area contributed by atoms with Gasteiger partial charge >= 0.3 is 0 Å². The molecule has 0 aromatic heterocycles. The van der Waals surface area contributed by atoms with Crippen molar-refractivity contribution in [1.29, 1.82) is 0 Å². The van der Waals surface area contributed by atoms with Crippen molar-refractivity contribution in [3.8, 4) is 0 Å². The Morgan fingerprint density at radius 3 is 2.53 bits per heavy atom. The van der Waals surface area contributed by atoms with Gasteiger partial charge in [0.25, 0.3) is 0 Å². The summed E-state index contributed by atoms with van der Waals surface area (Å²) in [5.41, 5.74) is 3.56. The molecule has 0 saturated carbocycles. The fourth-order valence-electron chi connectivity index (χ4n) is 2.94. The first-order chi connectivity index (χ1) is 7.02. The number of hydrogen-bond acceptors (Lipinski definition) is 0. The van der Waals surface area contributed by atoms with Gasteiger partial charge in [-0.25, -0.2) is 0 Å². The predicted octanol–water partition coefficient (Wildman–Crippen LogP) is 4.50. The summed E-state index contributed by atoms with van der Waals surface area (Å²) in [6.45, 7) is 9.45. The first kappa shape index (κ1) is 10.7. The molecule has 0 spiro atoms. The maximum atomic E-state index is 2.38. The predicted molar refractivity (Wildman–Crippen MR) is 66.3 cm³/mol. The molecule has 0 heteroatoms. The lowest BCUT2D eigenvalue weighted by Gasteiger charge is -2.38. The summed E-state index contributed by atoms with van der Waals surface area (Å²) in [7, 11) is 0. The van der Waals surface area contributed by atoms with Crippen molar-refractivity contribution >= 4 is 0 Å². The summed E-state index contributed by atoms with van der Waals surface area (Å²) >= 11 is 0. The van der Waals surface area contributed by atoms with Gasteiger partial charge in [-0.15, -0.1) is 0 Å². The van der Waals surface area contributed by atoms with Crippen LogP contribution < -0.4 is 0 Å². The van der Waals surface area contributed by atoms with Gasteiger partial charge in [0.2, 0.25) is 0 Å². The Hall–Kier alpha value is -0.780. The van der Waals surface area contributed by atoms with Gasteiger partial charge in [-0.05, 0) is 41.2 Å². The maximum Gasteiger partial charge on any atom is -0.0100 e. The molecular weight excluding hydrogens is 180 g/mol. The summed E-state index contributed by atoms with van der Waals surface area (Å²) < 4.78 is 0. The van der Waals surface area contributed by atoms with E-state index in [2.05, 4.69) is 52.0 Å². The molecule has 1 atom stereocenters. The van der Waals surface area contributed by atoms with Gasteiger partial charge < -0.3 is 0 Å². The second-order valence-electron chi connectivity index (χ2n) is 5.86. The van der Waals surface area contributed by atoms with Crippen LogP contribution in [0.15, 0.2) is 24.3 Å². The Kier molecular flexibility index (Phi) is 2.62. The van der Waals surface area contributed by atoms with Crippen molar-refractivity contribution in [1.82, 2.24) is 0 Å². The SMILES string of the molecule is CC(C)C1CCC(C)(C)c2ccccc21. The van der Waals surface area contributed by atoms with Crippen LogP contribution in [0, 0.1) is 5.92 Å². The molecule has 0 heterocycles. The highest BCUT2D eigenvalue weighted by atomic mass is 14.4. The molecule has 1 aromatic rings. The lowest BCUT2D eigenvalue weighted by molar-refractivity contribution is 0.346. The van der Waals surface area contributed by atoms with E-state index in [0.29, 0.717) is 5.41 Å². The summed E-state index contributed by atoms with van der Waals surface area (Å²) in [4.78, 5) is 0. The van der Waals surface area contributed by atoms with Crippen molar-refractivity contribution in [2.24, 2.45) is 5.92 Å². The van der Waals surface area contributed by atoms with Crippen LogP contribution in [0.25, 0.3) is 0 Å². The van der Waals surface area contributed by atoms with Gasteiger partial charge in [0, 0.05) is 0 Å². The molecular formula is C15H22. The van der Waals surface area contributed by atoms with Crippen molar-refractivity contribution in [3.63, 3.8) is 0 Å². The molecule has 0 amide bonds. The van der Waals surface area contributed by atoms with Gasteiger partial charge in [-0.1, -0.05) is 52.0 Å². The monoisotopic (exact) mass is 202 g/mol. The molecule has 0 N–H and O–H groups in total. The van der Waals surface area contributed by atoms with E-state index in [1.54, 1.807) is 11.1 Å². The van der Waals surface area contributed by atoms with Crippen LogP contribution in [0.1, 0.15) is 57.6 Å². The minimum atomic E-state index is 0.377. The molecule has 1 aliphatic carbocycles. The van der Waals surface area contributed by atoms with Crippen LogP contribution in [0.5, 0.6) is 0 Å². The molecule has 2 rings (SSSR count). The van der Waals surface area contributed by atoms with E-state index in [-0.39, 0.29) is 0 Å². The lowest BCUT2D eigenvalue weighted by atomic mass is 9.66. The third-order valence-corrected chi connectivity index (χ3v) is 3.97. The molecule has 1 unspecified atom stereocenters. The van der Waals surface area contributed by atoms with E-state index in [1.165, 1.54) is 12.8 Å². The quantitative estimate of drug-likeness (QED) is 0.629. The fraction of sp³-hybridized carbons (Fsp3) is 0.600. The highest BCUT2D eigenvalue weighted by molar-refractivity contribution is 5.38. The van der Waals surface area contributed by atoms with E-state index < -0.39 is 0 Å². The zero-order valence-electron chi connectivity index (χ0n) is 10.4. The van der Waals surface area contributed by atoms with Gasteiger partial charge in [-0.2, -0.15) is 0 Å². The maximum absolute atomic E-state index is 2.38. The first-order valence-corrected chi connectivity index (χ1v) is 6.12. The molecule has 15 heavy (non-hydrogen) atoms. The molecule has 0 nitrogen and oxygen atoms in total. The molecule has 1 aliphatic rings. The van der Waals surface area contributed by atoms with Crippen LogP contribution in [0.3, 0.4) is 0 Å². The van der Waals surface area contributed by atoms with Gasteiger partial charge in [0.05, 0.1) is 0 Å². The van der Waals surface area contributed by atoms with E-state index >= 15 is 0 Å². The molecule has 0 bridgehead atoms. The molecule has 82 valence electrons. The zero-order valence-corrected chi connectivity index (χ0v) is 10.4. The second kappa shape index (κ2) is 3.66. The van der Waals surface area contributed by atoms with Crippen molar-refractivity contribution < 1.29 is 0 Å². The summed E-state index contributed by atoms with van der Waals surface area (Å²) in [5.74, 6) is 1.54. The normalized spacial score (nSPS) is 23.9. The topological polar surface area (TPSA) is 0 Å². The summed E-state index contributed by atoms with van der Waals surface area (Å²) in [6.07, 6.45) is 2.68. The Labute approximate surface area is 93.7 Å².